The molecule has 4 rings (SSSR count). The van der Waals surface area contributed by atoms with Gasteiger partial charge >= 0.3 is 11.9 Å². The molecule has 5 nitrogen and oxygen atoms in total. The summed E-state index contributed by atoms with van der Waals surface area (Å²) in [5.41, 5.74) is -0.512. The first-order valence-corrected chi connectivity index (χ1v) is 8.80. The van der Waals surface area contributed by atoms with E-state index in [0.717, 1.165) is 16.7 Å². The highest BCUT2D eigenvalue weighted by atomic mass is 35.5. The number of hydrogen-bond donors (Lipinski definition) is 1. The molecule has 0 spiro atoms. The lowest BCUT2D eigenvalue weighted by Gasteiger charge is -2.36. The Balaban J connectivity index is 0.00000306. The van der Waals surface area contributed by atoms with E-state index in [2.05, 4.69) is 4.98 Å². The smallest absolute Gasteiger partial charge is 0.369 e. The van der Waals surface area contributed by atoms with Crippen LogP contribution in [-0.4, -0.2) is 47.1 Å². The number of aromatic nitrogens is 2. The van der Waals surface area contributed by atoms with Crippen LogP contribution in [-0.2, 0) is 12.7 Å². The number of rotatable bonds is 4. The molecule has 3 aromatic rings. The molecule has 1 fully saturated rings. The molecule has 0 atom stereocenters. The number of para-hydroxylation sites is 2. The van der Waals surface area contributed by atoms with Crippen LogP contribution < -0.4 is 10.6 Å². The number of piperazine rings is 1. The van der Waals surface area contributed by atoms with Crippen molar-refractivity contribution in [1.29, 1.82) is 0 Å². The largest absolute Gasteiger partial charge is 0.416 e. The summed E-state index contributed by atoms with van der Waals surface area (Å²) < 4.78 is 73.9. The molecule has 29 heavy (non-hydrogen) atoms. The van der Waals surface area contributed by atoms with Crippen molar-refractivity contribution in [3.8, 4) is 0 Å². The van der Waals surface area contributed by atoms with E-state index in [4.69, 9.17) is 5.48 Å². The third kappa shape index (κ3) is 4.59. The summed E-state index contributed by atoms with van der Waals surface area (Å²) in [7, 11) is 0. The predicted octanol–water partition coefficient (Wildman–Crippen LogP) is 3.59. The van der Waals surface area contributed by atoms with Crippen molar-refractivity contribution in [2.75, 3.05) is 37.6 Å². The van der Waals surface area contributed by atoms with E-state index in [0.29, 0.717) is 11.2 Å². The van der Waals surface area contributed by atoms with Gasteiger partial charge in [-0.2, -0.15) is 13.2 Å². The second kappa shape index (κ2) is 8.51. The first kappa shape index (κ1) is 16.4. The number of hydrogen-bond acceptors (Lipinski definition) is 3. The van der Waals surface area contributed by atoms with Crippen LogP contribution in [0.15, 0.2) is 53.3 Å². The number of imidazole rings is 1. The van der Waals surface area contributed by atoms with Gasteiger partial charge in [0.25, 0.3) is 0 Å². The standard InChI is InChI=1S/C20H21F3N4O.ClH/c21-20(22,23)15-4-3-5-16(14-15)26-11-8-25(9-12-26)10-13-27-18-7-2-1-6-17(18)24-19(27)28;/h1-7,14H,8-13H2,(H,24,28);1H/i10D2,13D2;. The Bertz CT molecular complexity index is 1190. The van der Waals surface area contributed by atoms with Crippen LogP contribution >= 0.6 is 12.4 Å². The quantitative estimate of drug-likeness (QED) is 0.688. The first-order valence-electron chi connectivity index (χ1n) is 10.8. The molecule has 9 heteroatoms. The molecule has 0 bridgehead atoms. The summed E-state index contributed by atoms with van der Waals surface area (Å²) in [5, 5.41) is 0. The Morgan fingerprint density at radius 2 is 1.72 bits per heavy atom. The van der Waals surface area contributed by atoms with E-state index in [1.54, 1.807) is 29.2 Å². The van der Waals surface area contributed by atoms with E-state index < -0.39 is 30.4 Å². The number of fused-ring (bicyclic) bond motifs is 1. The van der Waals surface area contributed by atoms with Gasteiger partial charge in [0.1, 0.15) is 0 Å². The van der Waals surface area contributed by atoms with Crippen LogP contribution in [0.1, 0.15) is 11.0 Å². The molecule has 0 aliphatic carbocycles. The lowest BCUT2D eigenvalue weighted by Crippen LogP contribution is -2.47. The normalized spacial score (nSPS) is 18.5. The van der Waals surface area contributed by atoms with E-state index in [-0.39, 0.29) is 44.1 Å². The first-order chi connectivity index (χ1) is 14.9. The molecule has 0 amide bonds. The minimum Gasteiger partial charge on any atom is -0.369 e. The average Bonchev–Trinajstić information content (AvgIpc) is 3.09. The molecule has 0 saturated carbocycles. The highest BCUT2D eigenvalue weighted by molar-refractivity contribution is 5.85. The fourth-order valence-corrected chi connectivity index (χ4v) is 3.24. The van der Waals surface area contributed by atoms with Crippen LogP contribution in [0.3, 0.4) is 0 Å². The van der Waals surface area contributed by atoms with Gasteiger partial charge in [0.2, 0.25) is 0 Å². The molecule has 0 radical (unpaired) electrons. The van der Waals surface area contributed by atoms with Crippen LogP contribution in [0.4, 0.5) is 18.9 Å². The molecule has 2 aromatic carbocycles. The molecule has 0 unspecified atom stereocenters. The number of anilines is 1. The average molecular weight is 431 g/mol. The van der Waals surface area contributed by atoms with Crippen molar-refractivity contribution in [2.45, 2.75) is 12.7 Å². The minimum atomic E-state index is -4.46. The van der Waals surface area contributed by atoms with Gasteiger partial charge in [0.15, 0.2) is 0 Å². The van der Waals surface area contributed by atoms with Gasteiger partial charge in [-0.25, -0.2) is 4.79 Å². The van der Waals surface area contributed by atoms with Crippen molar-refractivity contribution in [3.63, 3.8) is 0 Å². The lowest BCUT2D eigenvalue weighted by atomic mass is 10.1. The second-order valence-corrected chi connectivity index (χ2v) is 6.53. The highest BCUT2D eigenvalue weighted by Gasteiger charge is 2.31. The van der Waals surface area contributed by atoms with Crippen LogP contribution in [0.5, 0.6) is 0 Å². The maximum Gasteiger partial charge on any atom is 0.416 e. The zero-order valence-electron chi connectivity index (χ0n) is 19.2. The molecular weight excluding hydrogens is 405 g/mol. The number of nitrogens with one attached hydrogen (secondary N) is 1. The Morgan fingerprint density at radius 3 is 2.45 bits per heavy atom. The monoisotopic (exact) mass is 430 g/mol. The fraction of sp³-hybridized carbons (Fsp3) is 0.350. The summed E-state index contributed by atoms with van der Waals surface area (Å²) >= 11 is 0. The molecular formula is C20H22ClF3N4O. The number of aromatic amines is 1. The summed E-state index contributed by atoms with van der Waals surface area (Å²) in [6.45, 7) is -4.71. The number of benzene rings is 2. The molecule has 1 aliphatic rings. The Labute approximate surface area is 177 Å². The topological polar surface area (TPSA) is 44.3 Å². The maximum absolute atomic E-state index is 13.0. The third-order valence-electron chi connectivity index (χ3n) is 4.73. The second-order valence-electron chi connectivity index (χ2n) is 6.53. The highest BCUT2D eigenvalue weighted by Crippen LogP contribution is 2.31. The summed E-state index contributed by atoms with van der Waals surface area (Å²) in [6, 6.07) is 11.4. The van der Waals surface area contributed by atoms with E-state index in [1.807, 2.05) is 0 Å². The van der Waals surface area contributed by atoms with E-state index >= 15 is 0 Å². The number of nitrogens with zero attached hydrogens (tertiary/aromatic N) is 3. The SMILES string of the molecule is Cl.[2H]C([2H])(N1CCN(c2cccc(C(F)(F)F)c2)CC1)C([2H])([2H])n1c(=O)[nH]c2ccccc21. The Hall–Kier alpha value is -2.45. The zero-order valence-corrected chi connectivity index (χ0v) is 16.1. The number of halogens is 4. The lowest BCUT2D eigenvalue weighted by molar-refractivity contribution is -0.137. The molecule has 1 aromatic heterocycles. The van der Waals surface area contributed by atoms with Crippen LogP contribution in [0.2, 0.25) is 0 Å². The molecule has 1 aliphatic heterocycles. The molecule has 156 valence electrons. The summed E-state index contributed by atoms with van der Waals surface area (Å²) in [5.74, 6) is 0. The Kier molecular flexibility index (Phi) is 4.80. The van der Waals surface area contributed by atoms with Crippen molar-refractivity contribution in [1.82, 2.24) is 14.5 Å². The number of H-pyrrole nitrogens is 1. The summed E-state index contributed by atoms with van der Waals surface area (Å²) in [4.78, 5) is 18.0. The van der Waals surface area contributed by atoms with Gasteiger partial charge in [-0.3, -0.25) is 9.47 Å². The molecule has 1 saturated heterocycles. The number of aryl methyl sites for hydroxylation is 1. The molecule has 1 N–H and O–H groups in total. The van der Waals surface area contributed by atoms with E-state index in [9.17, 15) is 18.0 Å². The fourth-order valence-electron chi connectivity index (χ4n) is 3.24. The van der Waals surface area contributed by atoms with Gasteiger partial charge in [-0.15, -0.1) is 12.4 Å². The molecule has 2 heterocycles. The van der Waals surface area contributed by atoms with Crippen LogP contribution in [0, 0.1) is 0 Å². The van der Waals surface area contributed by atoms with Gasteiger partial charge in [-0.05, 0) is 30.3 Å². The third-order valence-corrected chi connectivity index (χ3v) is 4.73. The van der Waals surface area contributed by atoms with Crippen molar-refractivity contribution >= 4 is 29.1 Å². The van der Waals surface area contributed by atoms with Gasteiger partial charge in [0.05, 0.1) is 19.3 Å². The van der Waals surface area contributed by atoms with Gasteiger partial charge in [-0.1, -0.05) is 18.2 Å². The number of alkyl halides is 3. The van der Waals surface area contributed by atoms with Crippen molar-refractivity contribution < 1.29 is 18.7 Å². The van der Waals surface area contributed by atoms with Crippen molar-refractivity contribution in [2.24, 2.45) is 0 Å². The predicted molar refractivity (Wildman–Crippen MR) is 110 cm³/mol. The zero-order chi connectivity index (χ0) is 23.3. The van der Waals surface area contributed by atoms with E-state index in [1.165, 1.54) is 17.0 Å². The maximum atomic E-state index is 13.0. The van der Waals surface area contributed by atoms with Crippen LogP contribution in [0.25, 0.3) is 11.0 Å². The Morgan fingerprint density at radius 1 is 1.00 bits per heavy atom. The minimum absolute atomic E-state index is 0. The summed E-state index contributed by atoms with van der Waals surface area (Å²) in [6.07, 6.45) is -4.46. The van der Waals surface area contributed by atoms with Gasteiger partial charge < -0.3 is 9.88 Å². The van der Waals surface area contributed by atoms with Crippen molar-refractivity contribution in [3.05, 3.63) is 64.6 Å². The van der Waals surface area contributed by atoms with Gasteiger partial charge in [0, 0.05) is 47.6 Å².